The molecule has 2 aromatic heterocycles. The summed E-state index contributed by atoms with van der Waals surface area (Å²) in [7, 11) is 0. The Labute approximate surface area is 177 Å². The second-order valence-corrected chi connectivity index (χ2v) is 7.34. The van der Waals surface area contributed by atoms with Gasteiger partial charge in [0.15, 0.2) is 5.65 Å². The lowest BCUT2D eigenvalue weighted by molar-refractivity contribution is -0.137. The number of amides is 1. The molecule has 1 aromatic carbocycles. The molecule has 6 nitrogen and oxygen atoms in total. The first-order chi connectivity index (χ1) is 14.7. The Bertz CT molecular complexity index is 1070. The maximum atomic E-state index is 12.8. The van der Waals surface area contributed by atoms with E-state index in [2.05, 4.69) is 20.3 Å². The van der Waals surface area contributed by atoms with Crippen LogP contribution in [-0.2, 0) is 11.0 Å². The van der Waals surface area contributed by atoms with E-state index in [1.54, 1.807) is 6.07 Å². The van der Waals surface area contributed by atoms with Crippen molar-refractivity contribution in [2.75, 3.05) is 5.32 Å². The van der Waals surface area contributed by atoms with Crippen molar-refractivity contribution in [1.82, 2.24) is 15.0 Å². The molecule has 0 radical (unpaired) electrons. The predicted molar refractivity (Wildman–Crippen MR) is 112 cm³/mol. The summed E-state index contributed by atoms with van der Waals surface area (Å²) in [5.41, 5.74) is 0.751. The summed E-state index contributed by atoms with van der Waals surface area (Å²) in [6.45, 7) is 5.66. The van der Waals surface area contributed by atoms with Gasteiger partial charge in [-0.3, -0.25) is 10.1 Å². The van der Waals surface area contributed by atoms with Gasteiger partial charge < -0.3 is 4.74 Å². The number of nitrogens with zero attached hydrogens (tertiary/aromatic N) is 3. The number of fused-ring (bicyclic) bond motifs is 1. The maximum absolute atomic E-state index is 12.8. The van der Waals surface area contributed by atoms with Gasteiger partial charge in [0, 0.05) is 18.2 Å². The minimum absolute atomic E-state index is 0.0963. The van der Waals surface area contributed by atoms with Crippen LogP contribution in [0.1, 0.15) is 45.6 Å². The minimum atomic E-state index is -4.40. The van der Waals surface area contributed by atoms with Gasteiger partial charge in [-0.2, -0.15) is 23.1 Å². The van der Waals surface area contributed by atoms with E-state index in [4.69, 9.17) is 4.74 Å². The number of hydrogen-bond donors (Lipinski definition) is 1. The SMILES string of the molecule is CCCCC(=O)Nc1nc(OC(C)C)c2cc(-c3ccc(C(F)(F)F)cc3)cnc2n1. The topological polar surface area (TPSA) is 77.0 Å². The van der Waals surface area contributed by atoms with Crippen molar-refractivity contribution in [1.29, 1.82) is 0 Å². The number of nitrogens with one attached hydrogen (secondary N) is 1. The fourth-order valence-corrected chi connectivity index (χ4v) is 2.89. The number of anilines is 1. The number of unbranched alkanes of at least 4 members (excludes halogenated alkanes) is 1. The van der Waals surface area contributed by atoms with E-state index in [-0.39, 0.29) is 23.8 Å². The van der Waals surface area contributed by atoms with E-state index in [0.29, 0.717) is 28.6 Å². The third kappa shape index (κ3) is 5.68. The summed E-state index contributed by atoms with van der Waals surface area (Å²) in [5.74, 6) is 0.143. The molecule has 0 spiro atoms. The van der Waals surface area contributed by atoms with E-state index in [1.807, 2.05) is 20.8 Å². The number of pyridine rings is 1. The molecule has 3 aromatic rings. The second kappa shape index (κ2) is 9.28. The van der Waals surface area contributed by atoms with E-state index in [9.17, 15) is 18.0 Å². The summed E-state index contributed by atoms with van der Waals surface area (Å²) >= 11 is 0. The average Bonchev–Trinajstić information content (AvgIpc) is 2.71. The fraction of sp³-hybridized carbons (Fsp3) is 0.364. The highest BCUT2D eigenvalue weighted by molar-refractivity contribution is 5.91. The van der Waals surface area contributed by atoms with Gasteiger partial charge in [-0.1, -0.05) is 25.5 Å². The van der Waals surface area contributed by atoms with Gasteiger partial charge in [0.25, 0.3) is 0 Å². The normalized spacial score (nSPS) is 11.7. The molecular weight excluding hydrogens is 409 g/mol. The van der Waals surface area contributed by atoms with Crippen molar-refractivity contribution in [3.8, 4) is 17.0 Å². The smallest absolute Gasteiger partial charge is 0.416 e. The highest BCUT2D eigenvalue weighted by Gasteiger charge is 2.30. The molecular formula is C22H23F3N4O2. The number of carbonyl (C=O) groups excluding carboxylic acids is 1. The summed E-state index contributed by atoms with van der Waals surface area (Å²) in [5, 5.41) is 3.16. The number of benzene rings is 1. The first-order valence-electron chi connectivity index (χ1n) is 9.99. The van der Waals surface area contributed by atoms with E-state index >= 15 is 0 Å². The number of halogens is 3. The Morgan fingerprint density at radius 3 is 2.45 bits per heavy atom. The molecule has 1 amide bonds. The van der Waals surface area contributed by atoms with Gasteiger partial charge in [-0.15, -0.1) is 0 Å². The Kier molecular flexibility index (Phi) is 6.72. The summed E-state index contributed by atoms with van der Waals surface area (Å²) < 4.78 is 44.3. The zero-order valence-electron chi connectivity index (χ0n) is 17.5. The van der Waals surface area contributed by atoms with Crippen LogP contribution in [0.15, 0.2) is 36.5 Å². The Balaban J connectivity index is 1.98. The fourth-order valence-electron chi connectivity index (χ4n) is 2.89. The monoisotopic (exact) mass is 432 g/mol. The molecule has 164 valence electrons. The summed E-state index contributed by atoms with van der Waals surface area (Å²) in [6.07, 6.45) is -1.08. The second-order valence-electron chi connectivity index (χ2n) is 7.34. The number of ether oxygens (including phenoxy) is 1. The molecule has 1 N–H and O–H groups in total. The van der Waals surface area contributed by atoms with Crippen molar-refractivity contribution >= 4 is 22.9 Å². The number of carbonyl (C=O) groups is 1. The Hall–Kier alpha value is -3.23. The molecule has 0 saturated carbocycles. The first-order valence-corrected chi connectivity index (χ1v) is 9.99. The molecule has 0 saturated heterocycles. The summed E-state index contributed by atoms with van der Waals surface area (Å²) in [6, 6.07) is 6.54. The lowest BCUT2D eigenvalue weighted by Crippen LogP contribution is -2.15. The highest BCUT2D eigenvalue weighted by atomic mass is 19.4. The van der Waals surface area contributed by atoms with Crippen LogP contribution in [-0.4, -0.2) is 27.0 Å². The molecule has 9 heteroatoms. The van der Waals surface area contributed by atoms with Gasteiger partial charge in [-0.25, -0.2) is 4.98 Å². The van der Waals surface area contributed by atoms with Gasteiger partial charge in [0.1, 0.15) is 0 Å². The lowest BCUT2D eigenvalue weighted by atomic mass is 10.0. The van der Waals surface area contributed by atoms with Gasteiger partial charge >= 0.3 is 6.18 Å². The molecule has 0 aliphatic rings. The lowest BCUT2D eigenvalue weighted by Gasteiger charge is -2.13. The molecule has 0 aliphatic carbocycles. The minimum Gasteiger partial charge on any atom is -0.474 e. The van der Waals surface area contributed by atoms with Crippen molar-refractivity contribution < 1.29 is 22.7 Å². The van der Waals surface area contributed by atoms with Crippen LogP contribution in [0, 0.1) is 0 Å². The number of alkyl halides is 3. The van der Waals surface area contributed by atoms with E-state index in [1.165, 1.54) is 18.3 Å². The Morgan fingerprint density at radius 1 is 1.13 bits per heavy atom. The maximum Gasteiger partial charge on any atom is 0.416 e. The molecule has 31 heavy (non-hydrogen) atoms. The van der Waals surface area contributed by atoms with Crippen molar-refractivity contribution in [3.63, 3.8) is 0 Å². The van der Waals surface area contributed by atoms with Crippen LogP contribution < -0.4 is 10.1 Å². The zero-order chi connectivity index (χ0) is 22.6. The molecule has 3 rings (SSSR count). The van der Waals surface area contributed by atoms with Crippen LogP contribution in [0.5, 0.6) is 5.88 Å². The Morgan fingerprint density at radius 2 is 1.84 bits per heavy atom. The van der Waals surface area contributed by atoms with Crippen LogP contribution in [0.2, 0.25) is 0 Å². The number of rotatable bonds is 7. The van der Waals surface area contributed by atoms with E-state index in [0.717, 1.165) is 25.0 Å². The molecule has 0 atom stereocenters. The van der Waals surface area contributed by atoms with Crippen molar-refractivity contribution in [3.05, 3.63) is 42.1 Å². The van der Waals surface area contributed by atoms with Crippen molar-refractivity contribution in [2.24, 2.45) is 0 Å². The van der Waals surface area contributed by atoms with Crippen LogP contribution >= 0.6 is 0 Å². The van der Waals surface area contributed by atoms with Gasteiger partial charge in [0.05, 0.1) is 17.1 Å². The molecule has 0 fully saturated rings. The van der Waals surface area contributed by atoms with Crippen LogP contribution in [0.25, 0.3) is 22.2 Å². The molecule has 0 unspecified atom stereocenters. The predicted octanol–water partition coefficient (Wildman–Crippen LogP) is 5.63. The molecule has 0 bridgehead atoms. The van der Waals surface area contributed by atoms with Gasteiger partial charge in [-0.05, 0) is 44.0 Å². The average molecular weight is 432 g/mol. The van der Waals surface area contributed by atoms with Gasteiger partial charge in [0.2, 0.25) is 17.7 Å². The van der Waals surface area contributed by atoms with Crippen LogP contribution in [0.4, 0.5) is 19.1 Å². The highest BCUT2D eigenvalue weighted by Crippen LogP contribution is 2.32. The number of hydrogen-bond acceptors (Lipinski definition) is 5. The van der Waals surface area contributed by atoms with E-state index < -0.39 is 11.7 Å². The van der Waals surface area contributed by atoms with Crippen LogP contribution in [0.3, 0.4) is 0 Å². The number of aromatic nitrogens is 3. The quantitative estimate of drug-likeness (QED) is 0.524. The molecule has 0 aliphatic heterocycles. The standard InChI is InChI=1S/C22H23F3N4O2/c1-4-5-6-18(30)27-21-28-19-17(20(29-21)31-13(2)3)11-15(12-26-19)14-7-9-16(10-8-14)22(23,24)25/h7-13H,4-6H2,1-3H3,(H,26,27,28,29,30). The largest absolute Gasteiger partial charge is 0.474 e. The zero-order valence-corrected chi connectivity index (χ0v) is 17.5. The first kappa shape index (κ1) is 22.5. The third-order valence-corrected chi connectivity index (χ3v) is 4.42. The summed E-state index contributed by atoms with van der Waals surface area (Å²) in [4.78, 5) is 25.0. The third-order valence-electron chi connectivity index (χ3n) is 4.42. The van der Waals surface area contributed by atoms with Crippen molar-refractivity contribution in [2.45, 2.75) is 52.3 Å². The molecule has 2 heterocycles.